The molecule has 0 radical (unpaired) electrons. The van der Waals surface area contributed by atoms with Crippen LogP contribution in [0.4, 0.5) is 13.2 Å². The minimum absolute atomic E-state index is 0.623. The van der Waals surface area contributed by atoms with Crippen molar-refractivity contribution in [3.63, 3.8) is 0 Å². The van der Waals surface area contributed by atoms with Crippen molar-refractivity contribution < 1.29 is 23.1 Å². The molecule has 1 N–H and O–H groups in total. The summed E-state index contributed by atoms with van der Waals surface area (Å²) in [6, 6.07) is 0. The van der Waals surface area contributed by atoms with E-state index in [1.165, 1.54) is 14.0 Å². The number of carbonyl (C=O) groups is 1. The first-order valence-electron chi connectivity index (χ1n) is 3.80. The molecule has 1 unspecified atom stereocenters. The summed E-state index contributed by atoms with van der Waals surface area (Å²) in [5, 5.41) is 12.8. The average molecular weight is 210 g/mol. The van der Waals surface area contributed by atoms with Crippen LogP contribution in [0.1, 0.15) is 13.3 Å². The largest absolute Gasteiger partial charge is 0.479 e. The number of nitrogens with zero attached hydrogens (tertiary/aromatic N) is 2. The molecular formula is C7H9F3N2O2. The van der Waals surface area contributed by atoms with Crippen LogP contribution in [0, 0.1) is 0 Å². The first-order valence-corrected chi connectivity index (χ1v) is 3.80. The molecule has 0 saturated carbocycles. The molecular weight excluding hydrogens is 201 g/mol. The zero-order chi connectivity index (χ0) is 11.1. The van der Waals surface area contributed by atoms with Crippen molar-refractivity contribution >= 4 is 11.7 Å². The Kier molecular flexibility index (Phi) is 2.21. The van der Waals surface area contributed by atoms with Crippen molar-refractivity contribution in [1.29, 1.82) is 0 Å². The summed E-state index contributed by atoms with van der Waals surface area (Å²) in [6.07, 6.45) is -5.18. The number of hydrogen-bond acceptors (Lipinski definition) is 3. The van der Waals surface area contributed by atoms with Gasteiger partial charge in [0.25, 0.3) is 0 Å². The van der Waals surface area contributed by atoms with Crippen LogP contribution in [0.5, 0.6) is 0 Å². The molecule has 4 nitrogen and oxygen atoms in total. The lowest BCUT2D eigenvalue weighted by Gasteiger charge is -2.26. The van der Waals surface area contributed by atoms with Crippen LogP contribution in [0.25, 0.3) is 0 Å². The molecule has 0 saturated heterocycles. The second kappa shape index (κ2) is 2.86. The van der Waals surface area contributed by atoms with Gasteiger partial charge in [0.05, 0.1) is 0 Å². The molecule has 0 amide bonds. The molecule has 0 aromatic rings. The van der Waals surface area contributed by atoms with Gasteiger partial charge in [0.2, 0.25) is 0 Å². The predicted octanol–water partition coefficient (Wildman–Crippen LogP) is 1.08. The number of carboxylic acid groups (broad SMARTS) is 1. The first-order chi connectivity index (χ1) is 6.18. The highest BCUT2D eigenvalue weighted by atomic mass is 19.4. The maximum absolute atomic E-state index is 12.2. The Balaban J connectivity index is 2.94. The standard InChI is InChI=1S/C7H9F3N2O2/c1-6(5(13)14)3-4(7(8,9)10)11-12(6)2/h3H2,1-2H3,(H,13,14). The van der Waals surface area contributed by atoms with Crippen molar-refractivity contribution in [2.45, 2.75) is 25.1 Å². The van der Waals surface area contributed by atoms with Crippen molar-refractivity contribution in [2.75, 3.05) is 7.05 Å². The number of hydrazone groups is 1. The van der Waals surface area contributed by atoms with Crippen molar-refractivity contribution in [3.05, 3.63) is 0 Å². The number of aliphatic carboxylic acids is 1. The Bertz CT molecular complexity index is 300. The van der Waals surface area contributed by atoms with E-state index in [9.17, 15) is 18.0 Å². The summed E-state index contributed by atoms with van der Waals surface area (Å²) in [4.78, 5) is 10.7. The van der Waals surface area contributed by atoms with Gasteiger partial charge in [-0.3, -0.25) is 5.01 Å². The third-order valence-electron chi connectivity index (χ3n) is 2.28. The third kappa shape index (κ3) is 1.53. The Morgan fingerprint density at radius 2 is 2.14 bits per heavy atom. The van der Waals surface area contributed by atoms with Gasteiger partial charge in [0.15, 0.2) is 5.54 Å². The fourth-order valence-electron chi connectivity index (χ4n) is 1.14. The normalized spacial score (nSPS) is 27.8. The highest BCUT2D eigenvalue weighted by Gasteiger charge is 2.51. The average Bonchev–Trinajstić information content (AvgIpc) is 2.28. The molecule has 14 heavy (non-hydrogen) atoms. The second-order valence-corrected chi connectivity index (χ2v) is 3.32. The zero-order valence-corrected chi connectivity index (χ0v) is 7.59. The van der Waals surface area contributed by atoms with Crippen LogP contribution >= 0.6 is 0 Å². The summed E-state index contributed by atoms with van der Waals surface area (Å²) >= 11 is 0. The Morgan fingerprint density at radius 1 is 1.64 bits per heavy atom. The topological polar surface area (TPSA) is 52.9 Å². The minimum atomic E-state index is -4.55. The number of carboxylic acids is 1. The number of hydrogen-bond donors (Lipinski definition) is 1. The van der Waals surface area contributed by atoms with Crippen molar-refractivity contribution in [1.82, 2.24) is 5.01 Å². The van der Waals surface area contributed by atoms with E-state index < -0.39 is 29.8 Å². The van der Waals surface area contributed by atoms with Gasteiger partial charge in [-0.1, -0.05) is 0 Å². The smallest absolute Gasteiger partial charge is 0.431 e. The van der Waals surface area contributed by atoms with E-state index in [1.54, 1.807) is 0 Å². The van der Waals surface area contributed by atoms with Crippen LogP contribution < -0.4 is 0 Å². The molecule has 0 fully saturated rings. The lowest BCUT2D eigenvalue weighted by molar-refractivity contribution is -0.148. The molecule has 7 heteroatoms. The van der Waals surface area contributed by atoms with Gasteiger partial charge in [-0.2, -0.15) is 18.3 Å². The Labute approximate surface area is 78.0 Å². The number of alkyl halides is 3. The summed E-state index contributed by atoms with van der Waals surface area (Å²) in [7, 11) is 1.22. The Morgan fingerprint density at radius 3 is 2.36 bits per heavy atom. The molecule has 1 atom stereocenters. The van der Waals surface area contributed by atoms with E-state index in [0.29, 0.717) is 0 Å². The first kappa shape index (κ1) is 10.8. The highest BCUT2D eigenvalue weighted by molar-refractivity contribution is 5.97. The van der Waals surface area contributed by atoms with E-state index in [4.69, 9.17) is 5.11 Å². The number of likely N-dealkylation sites (N-methyl/N-ethyl adjacent to an activating group) is 1. The van der Waals surface area contributed by atoms with E-state index in [0.717, 1.165) is 5.01 Å². The Hall–Kier alpha value is -1.27. The number of rotatable bonds is 1. The van der Waals surface area contributed by atoms with E-state index in [1.807, 2.05) is 0 Å². The fraction of sp³-hybridized carbons (Fsp3) is 0.714. The van der Waals surface area contributed by atoms with Crippen molar-refractivity contribution in [3.8, 4) is 0 Å². The monoisotopic (exact) mass is 210 g/mol. The molecule has 0 spiro atoms. The number of halogens is 3. The molecule has 1 rings (SSSR count). The zero-order valence-electron chi connectivity index (χ0n) is 7.59. The molecule has 80 valence electrons. The maximum atomic E-state index is 12.2. The maximum Gasteiger partial charge on any atom is 0.431 e. The van der Waals surface area contributed by atoms with E-state index in [2.05, 4.69) is 5.10 Å². The summed E-state index contributed by atoms with van der Waals surface area (Å²) in [5.41, 5.74) is -2.64. The van der Waals surface area contributed by atoms with Gasteiger partial charge in [-0.05, 0) is 6.92 Å². The van der Waals surface area contributed by atoms with Gasteiger partial charge >= 0.3 is 12.1 Å². The van der Waals surface area contributed by atoms with Crippen molar-refractivity contribution in [2.24, 2.45) is 5.10 Å². The summed E-state index contributed by atoms with van der Waals surface area (Å²) in [5.74, 6) is -1.32. The van der Waals surface area contributed by atoms with Gasteiger partial charge in [0.1, 0.15) is 5.71 Å². The minimum Gasteiger partial charge on any atom is -0.479 e. The lowest BCUT2D eigenvalue weighted by Crippen LogP contribution is -2.45. The summed E-state index contributed by atoms with van der Waals surface area (Å²) < 4.78 is 36.6. The van der Waals surface area contributed by atoms with E-state index >= 15 is 0 Å². The van der Waals surface area contributed by atoms with Crippen LogP contribution in [-0.4, -0.2) is 40.6 Å². The fourth-order valence-corrected chi connectivity index (χ4v) is 1.14. The molecule has 0 aromatic carbocycles. The van der Waals surface area contributed by atoms with Gasteiger partial charge < -0.3 is 5.11 Å². The van der Waals surface area contributed by atoms with Gasteiger partial charge in [-0.15, -0.1) is 0 Å². The highest BCUT2D eigenvalue weighted by Crippen LogP contribution is 2.33. The third-order valence-corrected chi connectivity index (χ3v) is 2.28. The van der Waals surface area contributed by atoms with Crippen LogP contribution in [0.2, 0.25) is 0 Å². The molecule has 1 aliphatic heterocycles. The molecule has 0 aromatic heterocycles. The summed E-state index contributed by atoms with van der Waals surface area (Å²) in [6.45, 7) is 1.21. The predicted molar refractivity (Wildman–Crippen MR) is 41.9 cm³/mol. The van der Waals surface area contributed by atoms with Gasteiger partial charge in [0, 0.05) is 13.5 Å². The van der Waals surface area contributed by atoms with Gasteiger partial charge in [-0.25, -0.2) is 4.79 Å². The van der Waals surface area contributed by atoms with E-state index in [-0.39, 0.29) is 0 Å². The van der Waals surface area contributed by atoms with Crippen LogP contribution in [0.3, 0.4) is 0 Å². The quantitative estimate of drug-likeness (QED) is 0.704. The molecule has 0 bridgehead atoms. The molecule has 0 aliphatic carbocycles. The van der Waals surface area contributed by atoms with Crippen LogP contribution in [-0.2, 0) is 4.79 Å². The van der Waals surface area contributed by atoms with Crippen LogP contribution in [0.15, 0.2) is 5.10 Å². The SMILES string of the molecule is CN1N=C(C(F)(F)F)CC1(C)C(=O)O. The second-order valence-electron chi connectivity index (χ2n) is 3.32. The lowest BCUT2D eigenvalue weighted by atomic mass is 9.96. The molecule has 1 aliphatic rings. The molecule has 1 heterocycles.